The maximum Gasteiger partial charge on any atom is 0.214 e. The molecule has 0 N–H and O–H groups in total. The first-order chi connectivity index (χ1) is 8.29. The summed E-state index contributed by atoms with van der Waals surface area (Å²) in [5.74, 6) is -0.424. The lowest BCUT2D eigenvalue weighted by atomic mass is 9.99. The normalized spacial score (nSPS) is 15.2. The summed E-state index contributed by atoms with van der Waals surface area (Å²) in [7, 11) is 0. The fourth-order valence-electron chi connectivity index (χ4n) is 2.01. The van der Waals surface area contributed by atoms with E-state index in [1.165, 1.54) is 35.6 Å². The first kappa shape index (κ1) is 11.8. The standard InChI is InChI=1S/C13H15FN2O/c14-12-6-13(8-15-7-12)16(10-17)9-11-4-2-1-3-5-11/h4,6-8,10H,1-3,5,9H2. The van der Waals surface area contributed by atoms with Gasteiger partial charge < -0.3 is 4.90 Å². The Morgan fingerprint density at radius 1 is 1.41 bits per heavy atom. The number of carbonyl (C=O) groups is 1. The van der Waals surface area contributed by atoms with Crippen LogP contribution in [0, 0.1) is 5.82 Å². The SMILES string of the molecule is O=CN(CC1=CCCCC1)c1cncc(F)c1. The minimum Gasteiger partial charge on any atom is -0.309 e. The van der Waals surface area contributed by atoms with Gasteiger partial charge in [0, 0.05) is 12.6 Å². The van der Waals surface area contributed by atoms with Crippen molar-refractivity contribution in [1.29, 1.82) is 0 Å². The number of allylic oxidation sites excluding steroid dienone is 1. The third-order valence-corrected chi connectivity index (χ3v) is 2.91. The third-order valence-electron chi connectivity index (χ3n) is 2.91. The summed E-state index contributed by atoms with van der Waals surface area (Å²) in [5.41, 5.74) is 1.75. The van der Waals surface area contributed by atoms with Gasteiger partial charge in [-0.05, 0) is 25.7 Å². The molecule has 0 saturated heterocycles. The van der Waals surface area contributed by atoms with Crippen LogP contribution in [0.15, 0.2) is 30.1 Å². The second kappa shape index (κ2) is 5.57. The van der Waals surface area contributed by atoms with E-state index in [1.807, 2.05) is 0 Å². The molecule has 0 atom stereocenters. The molecule has 0 aromatic carbocycles. The zero-order valence-corrected chi connectivity index (χ0v) is 9.60. The highest BCUT2D eigenvalue weighted by molar-refractivity contribution is 5.75. The van der Waals surface area contributed by atoms with Crippen molar-refractivity contribution < 1.29 is 9.18 Å². The average molecular weight is 234 g/mol. The first-order valence-corrected chi connectivity index (χ1v) is 5.80. The van der Waals surface area contributed by atoms with Gasteiger partial charge in [-0.25, -0.2) is 4.39 Å². The molecular formula is C13H15FN2O. The van der Waals surface area contributed by atoms with Crippen molar-refractivity contribution in [3.05, 3.63) is 35.9 Å². The van der Waals surface area contributed by atoms with E-state index in [2.05, 4.69) is 11.1 Å². The van der Waals surface area contributed by atoms with Crippen LogP contribution < -0.4 is 4.90 Å². The molecule has 0 saturated carbocycles. The van der Waals surface area contributed by atoms with Crippen molar-refractivity contribution in [2.75, 3.05) is 11.4 Å². The van der Waals surface area contributed by atoms with Crippen molar-refractivity contribution in [1.82, 2.24) is 4.98 Å². The number of anilines is 1. The van der Waals surface area contributed by atoms with Crippen LogP contribution in [0.2, 0.25) is 0 Å². The van der Waals surface area contributed by atoms with Gasteiger partial charge in [0.15, 0.2) is 0 Å². The zero-order chi connectivity index (χ0) is 12.1. The van der Waals surface area contributed by atoms with E-state index >= 15 is 0 Å². The van der Waals surface area contributed by atoms with Gasteiger partial charge in [-0.3, -0.25) is 9.78 Å². The van der Waals surface area contributed by atoms with E-state index in [1.54, 1.807) is 0 Å². The molecule has 90 valence electrons. The van der Waals surface area contributed by atoms with E-state index in [0.29, 0.717) is 12.2 Å². The van der Waals surface area contributed by atoms with Gasteiger partial charge in [0.25, 0.3) is 0 Å². The molecule has 1 aliphatic carbocycles. The van der Waals surface area contributed by atoms with Crippen LogP contribution in [-0.4, -0.2) is 17.9 Å². The summed E-state index contributed by atoms with van der Waals surface area (Å²) >= 11 is 0. The largest absolute Gasteiger partial charge is 0.309 e. The lowest BCUT2D eigenvalue weighted by Crippen LogP contribution is -2.24. The van der Waals surface area contributed by atoms with E-state index in [0.717, 1.165) is 25.4 Å². The van der Waals surface area contributed by atoms with Crippen molar-refractivity contribution >= 4 is 12.1 Å². The highest BCUT2D eigenvalue weighted by Crippen LogP contribution is 2.20. The second-order valence-corrected chi connectivity index (χ2v) is 4.20. The zero-order valence-electron chi connectivity index (χ0n) is 9.60. The molecule has 1 aliphatic rings. The number of aromatic nitrogens is 1. The third kappa shape index (κ3) is 3.12. The summed E-state index contributed by atoms with van der Waals surface area (Å²) in [5, 5.41) is 0. The predicted octanol–water partition coefficient (Wildman–Crippen LogP) is 2.68. The molecule has 0 bridgehead atoms. The van der Waals surface area contributed by atoms with Crippen LogP contribution in [0.3, 0.4) is 0 Å². The van der Waals surface area contributed by atoms with Gasteiger partial charge in [-0.15, -0.1) is 0 Å². The fraction of sp³-hybridized carbons (Fsp3) is 0.385. The first-order valence-electron chi connectivity index (χ1n) is 5.80. The summed E-state index contributed by atoms with van der Waals surface area (Å²) in [6.45, 7) is 0.536. The summed E-state index contributed by atoms with van der Waals surface area (Å²) < 4.78 is 13.0. The number of carbonyl (C=O) groups excluding carboxylic acids is 1. The molecule has 0 spiro atoms. The molecule has 2 rings (SSSR count). The second-order valence-electron chi connectivity index (χ2n) is 4.20. The Morgan fingerprint density at radius 3 is 2.94 bits per heavy atom. The number of halogens is 1. The van der Waals surface area contributed by atoms with Crippen LogP contribution in [0.4, 0.5) is 10.1 Å². The number of nitrogens with zero attached hydrogens (tertiary/aromatic N) is 2. The molecule has 0 fully saturated rings. The van der Waals surface area contributed by atoms with E-state index < -0.39 is 5.82 Å². The molecule has 0 unspecified atom stereocenters. The predicted molar refractivity (Wildman–Crippen MR) is 64.2 cm³/mol. The van der Waals surface area contributed by atoms with Crippen molar-refractivity contribution in [3.63, 3.8) is 0 Å². The van der Waals surface area contributed by atoms with E-state index in [9.17, 15) is 9.18 Å². The van der Waals surface area contributed by atoms with Crippen LogP contribution >= 0.6 is 0 Å². The Hall–Kier alpha value is -1.71. The highest BCUT2D eigenvalue weighted by Gasteiger charge is 2.11. The van der Waals surface area contributed by atoms with Crippen molar-refractivity contribution in [3.8, 4) is 0 Å². The Kier molecular flexibility index (Phi) is 3.85. The Balaban J connectivity index is 2.11. The van der Waals surface area contributed by atoms with Gasteiger partial charge >= 0.3 is 0 Å². The molecule has 1 aromatic rings. The number of amides is 1. The molecule has 1 amide bonds. The summed E-state index contributed by atoms with van der Waals surface area (Å²) in [6, 6.07) is 1.32. The fourth-order valence-corrected chi connectivity index (χ4v) is 2.01. The maximum atomic E-state index is 13.0. The van der Waals surface area contributed by atoms with Crippen LogP contribution in [0.5, 0.6) is 0 Å². The number of pyridine rings is 1. The summed E-state index contributed by atoms with van der Waals surface area (Å²) in [6.07, 6.45) is 10.0. The quantitative estimate of drug-likeness (QED) is 0.592. The van der Waals surface area contributed by atoms with E-state index in [-0.39, 0.29) is 0 Å². The van der Waals surface area contributed by atoms with Crippen LogP contribution in [0.25, 0.3) is 0 Å². The molecule has 1 aromatic heterocycles. The van der Waals surface area contributed by atoms with Gasteiger partial charge in [0.2, 0.25) is 6.41 Å². The molecule has 0 radical (unpaired) electrons. The minimum absolute atomic E-state index is 0.424. The number of rotatable bonds is 4. The van der Waals surface area contributed by atoms with Crippen molar-refractivity contribution in [2.45, 2.75) is 25.7 Å². The lowest BCUT2D eigenvalue weighted by Gasteiger charge is -2.21. The molecule has 1 heterocycles. The van der Waals surface area contributed by atoms with Gasteiger partial charge in [0.1, 0.15) is 5.82 Å². The maximum absolute atomic E-state index is 13.0. The Labute approximate surface area is 100.0 Å². The van der Waals surface area contributed by atoms with Gasteiger partial charge in [-0.2, -0.15) is 0 Å². The van der Waals surface area contributed by atoms with E-state index in [4.69, 9.17) is 0 Å². The molecular weight excluding hydrogens is 219 g/mol. The average Bonchev–Trinajstić information content (AvgIpc) is 2.37. The smallest absolute Gasteiger partial charge is 0.214 e. The summed E-state index contributed by atoms with van der Waals surface area (Å²) in [4.78, 5) is 16.3. The topological polar surface area (TPSA) is 33.2 Å². The molecule has 4 heteroatoms. The lowest BCUT2D eigenvalue weighted by molar-refractivity contribution is -0.107. The molecule has 0 aliphatic heterocycles. The van der Waals surface area contributed by atoms with Crippen LogP contribution in [0.1, 0.15) is 25.7 Å². The van der Waals surface area contributed by atoms with Gasteiger partial charge in [-0.1, -0.05) is 11.6 Å². The monoisotopic (exact) mass is 234 g/mol. The Morgan fingerprint density at radius 2 is 2.29 bits per heavy atom. The number of hydrogen-bond donors (Lipinski definition) is 0. The van der Waals surface area contributed by atoms with Gasteiger partial charge in [0.05, 0.1) is 18.1 Å². The minimum atomic E-state index is -0.424. The van der Waals surface area contributed by atoms with Crippen LogP contribution in [-0.2, 0) is 4.79 Å². The van der Waals surface area contributed by atoms with Crippen molar-refractivity contribution in [2.24, 2.45) is 0 Å². The molecule has 3 nitrogen and oxygen atoms in total. The Bertz CT molecular complexity index is 431. The number of hydrogen-bond acceptors (Lipinski definition) is 2. The highest BCUT2D eigenvalue weighted by atomic mass is 19.1. The molecule has 17 heavy (non-hydrogen) atoms.